The summed E-state index contributed by atoms with van der Waals surface area (Å²) in [6, 6.07) is 10.6. The Kier molecular flexibility index (Phi) is 6.31. The van der Waals surface area contributed by atoms with Gasteiger partial charge in [0.05, 0.1) is 0 Å². The fourth-order valence-electron chi connectivity index (χ4n) is 4.21. The van der Waals surface area contributed by atoms with E-state index >= 15 is 0 Å². The zero-order chi connectivity index (χ0) is 16.9. The van der Waals surface area contributed by atoms with Crippen LogP contribution in [-0.2, 0) is 0 Å². The minimum absolute atomic E-state index is 0.529. The first kappa shape index (κ1) is 17.9. The smallest absolute Gasteiger partial charge is 0.0479 e. The summed E-state index contributed by atoms with van der Waals surface area (Å²) >= 11 is 0. The number of hydrogen-bond acceptors (Lipinski definition) is 3. The van der Waals surface area contributed by atoms with Gasteiger partial charge in [-0.05, 0) is 49.9 Å². The molecule has 2 saturated heterocycles. The van der Waals surface area contributed by atoms with E-state index in [1.165, 1.54) is 50.0 Å². The van der Waals surface area contributed by atoms with Crippen LogP contribution in [-0.4, -0.2) is 55.1 Å². The van der Waals surface area contributed by atoms with Crippen LogP contribution in [0.2, 0.25) is 0 Å². The Morgan fingerprint density at radius 3 is 2.29 bits per heavy atom. The van der Waals surface area contributed by atoms with E-state index in [-0.39, 0.29) is 0 Å². The molecule has 3 nitrogen and oxygen atoms in total. The van der Waals surface area contributed by atoms with Crippen molar-refractivity contribution in [2.24, 2.45) is 0 Å². The Bertz CT molecular complexity index is 490. The topological polar surface area (TPSA) is 18.5 Å². The lowest BCUT2D eigenvalue weighted by Gasteiger charge is -2.42. The number of nitrogens with zero attached hydrogens (tertiary/aromatic N) is 2. The molecule has 2 heterocycles. The Morgan fingerprint density at radius 1 is 1.00 bits per heavy atom. The second-order valence-electron chi connectivity index (χ2n) is 7.99. The second kappa shape index (κ2) is 8.46. The summed E-state index contributed by atoms with van der Waals surface area (Å²) in [6.45, 7) is 14.1. The van der Waals surface area contributed by atoms with Gasteiger partial charge in [-0.1, -0.05) is 44.5 Å². The summed E-state index contributed by atoms with van der Waals surface area (Å²) < 4.78 is 0. The zero-order valence-corrected chi connectivity index (χ0v) is 15.8. The van der Waals surface area contributed by atoms with Gasteiger partial charge in [0.1, 0.15) is 0 Å². The zero-order valence-electron chi connectivity index (χ0n) is 15.8. The molecule has 0 spiro atoms. The van der Waals surface area contributed by atoms with E-state index in [0.29, 0.717) is 18.0 Å². The predicted octanol–water partition coefficient (Wildman–Crippen LogP) is 3.63. The number of nitrogens with one attached hydrogen (secondary N) is 1. The molecule has 0 aliphatic carbocycles. The summed E-state index contributed by atoms with van der Waals surface area (Å²) in [5.41, 5.74) is 2.95. The molecule has 24 heavy (non-hydrogen) atoms. The van der Waals surface area contributed by atoms with Crippen LogP contribution in [0.15, 0.2) is 24.3 Å². The minimum Gasteiger partial charge on any atom is -0.314 e. The molecule has 2 aliphatic rings. The van der Waals surface area contributed by atoms with E-state index < -0.39 is 0 Å². The van der Waals surface area contributed by atoms with Crippen molar-refractivity contribution in [2.45, 2.75) is 58.0 Å². The van der Waals surface area contributed by atoms with Crippen molar-refractivity contribution in [3.05, 3.63) is 35.4 Å². The van der Waals surface area contributed by atoms with E-state index in [4.69, 9.17) is 0 Å². The van der Waals surface area contributed by atoms with Crippen LogP contribution in [0.1, 0.15) is 63.1 Å². The summed E-state index contributed by atoms with van der Waals surface area (Å²) in [5.74, 6) is 0.609. The van der Waals surface area contributed by atoms with Gasteiger partial charge in [0, 0.05) is 38.3 Å². The Morgan fingerprint density at radius 2 is 1.67 bits per heavy atom. The van der Waals surface area contributed by atoms with Gasteiger partial charge in [-0.3, -0.25) is 4.90 Å². The molecular weight excluding hydrogens is 294 g/mol. The lowest BCUT2D eigenvalue weighted by atomic mass is 9.96. The molecule has 0 saturated carbocycles. The van der Waals surface area contributed by atoms with Gasteiger partial charge in [0.15, 0.2) is 0 Å². The highest BCUT2D eigenvalue weighted by Crippen LogP contribution is 2.27. The molecule has 134 valence electrons. The normalized spacial score (nSPS) is 25.1. The molecule has 2 fully saturated rings. The van der Waals surface area contributed by atoms with Crippen LogP contribution in [0, 0.1) is 0 Å². The number of likely N-dealkylation sites (tertiary alicyclic amines) is 1. The van der Waals surface area contributed by atoms with Crippen LogP contribution < -0.4 is 5.32 Å². The summed E-state index contributed by atoms with van der Waals surface area (Å²) in [6.07, 6.45) is 4.15. The first-order valence-electron chi connectivity index (χ1n) is 9.94. The highest BCUT2D eigenvalue weighted by molar-refractivity contribution is 5.27. The van der Waals surface area contributed by atoms with E-state index in [1.54, 1.807) is 0 Å². The molecule has 3 rings (SSSR count). The number of piperazine rings is 1. The van der Waals surface area contributed by atoms with Crippen molar-refractivity contribution >= 4 is 0 Å². The average Bonchev–Trinajstić information content (AvgIpc) is 2.61. The molecule has 2 atom stereocenters. The quantitative estimate of drug-likeness (QED) is 0.890. The summed E-state index contributed by atoms with van der Waals surface area (Å²) in [5, 5.41) is 3.54. The Balaban J connectivity index is 1.79. The molecule has 0 amide bonds. The Hall–Kier alpha value is -0.900. The van der Waals surface area contributed by atoms with Gasteiger partial charge in [0.2, 0.25) is 0 Å². The predicted molar refractivity (Wildman–Crippen MR) is 103 cm³/mol. The molecule has 1 aromatic carbocycles. The van der Waals surface area contributed by atoms with E-state index in [0.717, 1.165) is 19.6 Å². The second-order valence-corrected chi connectivity index (χ2v) is 7.99. The van der Waals surface area contributed by atoms with Crippen molar-refractivity contribution in [2.75, 3.05) is 39.3 Å². The number of benzene rings is 1. The minimum atomic E-state index is 0.529. The Labute approximate surface area is 148 Å². The maximum absolute atomic E-state index is 3.54. The van der Waals surface area contributed by atoms with Crippen LogP contribution in [0.4, 0.5) is 0 Å². The highest BCUT2D eigenvalue weighted by Gasteiger charge is 2.29. The van der Waals surface area contributed by atoms with Crippen molar-refractivity contribution in [3.8, 4) is 0 Å². The lowest BCUT2D eigenvalue weighted by Crippen LogP contribution is -2.53. The molecule has 0 radical (unpaired) electrons. The maximum atomic E-state index is 3.54. The largest absolute Gasteiger partial charge is 0.314 e. The van der Waals surface area contributed by atoms with Gasteiger partial charge >= 0.3 is 0 Å². The van der Waals surface area contributed by atoms with Crippen molar-refractivity contribution in [1.82, 2.24) is 15.1 Å². The summed E-state index contributed by atoms with van der Waals surface area (Å²) in [4.78, 5) is 5.43. The number of piperidine rings is 1. The molecule has 2 aliphatic heterocycles. The maximum Gasteiger partial charge on any atom is 0.0479 e. The first-order chi connectivity index (χ1) is 11.6. The third-order valence-electron chi connectivity index (χ3n) is 5.82. The molecule has 0 bridgehead atoms. The van der Waals surface area contributed by atoms with E-state index in [2.05, 4.69) is 60.2 Å². The van der Waals surface area contributed by atoms with Gasteiger partial charge in [-0.15, -0.1) is 0 Å². The third-order valence-corrected chi connectivity index (χ3v) is 5.82. The highest BCUT2D eigenvalue weighted by atomic mass is 15.3. The van der Waals surface area contributed by atoms with Gasteiger partial charge in [0.25, 0.3) is 0 Å². The SMILES string of the molecule is CC(C)c1ccc(C(CN2CCCCC2)N2CCNCC2C)cc1. The van der Waals surface area contributed by atoms with Crippen molar-refractivity contribution < 1.29 is 0 Å². The molecule has 3 heteroatoms. The average molecular weight is 330 g/mol. The fraction of sp³-hybridized carbons (Fsp3) is 0.714. The molecule has 2 unspecified atom stereocenters. The van der Waals surface area contributed by atoms with Gasteiger partial charge in [-0.25, -0.2) is 0 Å². The molecular formula is C21H35N3. The van der Waals surface area contributed by atoms with Gasteiger partial charge in [-0.2, -0.15) is 0 Å². The lowest BCUT2D eigenvalue weighted by molar-refractivity contribution is 0.0780. The van der Waals surface area contributed by atoms with E-state index in [1.807, 2.05) is 0 Å². The first-order valence-corrected chi connectivity index (χ1v) is 9.94. The third kappa shape index (κ3) is 4.38. The molecule has 1 N–H and O–H groups in total. The molecule has 0 aromatic heterocycles. The monoisotopic (exact) mass is 329 g/mol. The standard InChI is InChI=1S/C21H35N3/c1-17(2)19-7-9-20(10-8-19)21(16-23-12-5-4-6-13-23)24-14-11-22-15-18(24)3/h7-10,17-18,21-22H,4-6,11-16H2,1-3H3. The van der Waals surface area contributed by atoms with E-state index in [9.17, 15) is 0 Å². The number of hydrogen-bond donors (Lipinski definition) is 1. The van der Waals surface area contributed by atoms with Crippen LogP contribution >= 0.6 is 0 Å². The van der Waals surface area contributed by atoms with Crippen LogP contribution in [0.5, 0.6) is 0 Å². The number of rotatable bonds is 5. The molecule has 1 aromatic rings. The van der Waals surface area contributed by atoms with Crippen molar-refractivity contribution in [1.29, 1.82) is 0 Å². The van der Waals surface area contributed by atoms with Gasteiger partial charge < -0.3 is 10.2 Å². The fourth-order valence-corrected chi connectivity index (χ4v) is 4.21. The van der Waals surface area contributed by atoms with Crippen LogP contribution in [0.3, 0.4) is 0 Å². The van der Waals surface area contributed by atoms with Crippen molar-refractivity contribution in [3.63, 3.8) is 0 Å². The summed E-state index contributed by atoms with van der Waals surface area (Å²) in [7, 11) is 0. The van der Waals surface area contributed by atoms with Crippen LogP contribution in [0.25, 0.3) is 0 Å².